The van der Waals surface area contributed by atoms with E-state index in [2.05, 4.69) is 10.6 Å². The minimum Gasteiger partial charge on any atom is -0.481 e. The van der Waals surface area contributed by atoms with Gasteiger partial charge in [0.1, 0.15) is 12.1 Å². The molecule has 2 unspecified atom stereocenters. The largest absolute Gasteiger partial charge is 0.481 e. The van der Waals surface area contributed by atoms with E-state index in [9.17, 15) is 19.2 Å². The lowest BCUT2D eigenvalue weighted by Crippen LogP contribution is -2.45. The van der Waals surface area contributed by atoms with E-state index < -0.39 is 48.8 Å². The van der Waals surface area contributed by atoms with Crippen molar-refractivity contribution >= 4 is 23.9 Å². The van der Waals surface area contributed by atoms with Crippen molar-refractivity contribution in [2.45, 2.75) is 31.8 Å². The molecule has 10 heteroatoms. The van der Waals surface area contributed by atoms with Crippen LogP contribution < -0.4 is 10.6 Å². The molecule has 0 aromatic carbocycles. The maximum atomic E-state index is 10.8. The van der Waals surface area contributed by atoms with Gasteiger partial charge >= 0.3 is 23.9 Å². The Morgan fingerprint density at radius 1 is 0.773 bits per heavy atom. The molecule has 0 aliphatic rings. The Labute approximate surface area is 126 Å². The van der Waals surface area contributed by atoms with Crippen molar-refractivity contribution < 1.29 is 39.6 Å². The number of nitrogens with one attached hydrogen (secondary N) is 2. The molecular weight excluding hydrogens is 300 g/mol. The predicted molar refractivity (Wildman–Crippen MR) is 72.5 cm³/mol. The van der Waals surface area contributed by atoms with Gasteiger partial charge < -0.3 is 31.1 Å². The summed E-state index contributed by atoms with van der Waals surface area (Å²) in [6, 6.07) is -2.48. The molecule has 126 valence electrons. The second-order valence-corrected chi connectivity index (χ2v) is 4.90. The molecular formula is C12H20N2O8. The highest BCUT2D eigenvalue weighted by Crippen LogP contribution is 1.99. The fourth-order valence-electron chi connectivity index (χ4n) is 1.60. The number of rotatable bonds is 12. The van der Waals surface area contributed by atoms with Gasteiger partial charge in [-0.3, -0.25) is 19.2 Å². The molecule has 0 fully saturated rings. The molecule has 22 heavy (non-hydrogen) atoms. The number of carbonyl (C=O) groups is 4. The molecule has 6 N–H and O–H groups in total. The molecule has 0 amide bonds. The zero-order chi connectivity index (χ0) is 17.3. The smallest absolute Gasteiger partial charge is 0.321 e. The Kier molecular flexibility index (Phi) is 8.72. The lowest BCUT2D eigenvalue weighted by molar-refractivity contribution is -0.146. The van der Waals surface area contributed by atoms with Gasteiger partial charge in [0.05, 0.1) is 12.8 Å². The molecule has 0 aromatic rings. The minimum absolute atomic E-state index is 0.136. The summed E-state index contributed by atoms with van der Waals surface area (Å²) >= 11 is 0. The molecule has 0 radical (unpaired) electrons. The quantitative estimate of drug-likeness (QED) is 0.252. The second kappa shape index (κ2) is 9.68. The molecule has 2 atom stereocenters. The van der Waals surface area contributed by atoms with Crippen LogP contribution in [0.15, 0.2) is 0 Å². The van der Waals surface area contributed by atoms with Crippen molar-refractivity contribution in [1.82, 2.24) is 10.6 Å². The molecule has 0 aromatic heterocycles. The lowest BCUT2D eigenvalue weighted by Gasteiger charge is -2.19. The van der Waals surface area contributed by atoms with E-state index in [1.165, 1.54) is 0 Å². The van der Waals surface area contributed by atoms with Crippen molar-refractivity contribution in [3.63, 3.8) is 0 Å². The summed E-state index contributed by atoms with van der Waals surface area (Å²) in [6.07, 6.45) is -1.15. The van der Waals surface area contributed by atoms with Crippen LogP contribution in [0.1, 0.15) is 19.8 Å². The normalized spacial score (nSPS) is 14.8. The van der Waals surface area contributed by atoms with Gasteiger partial charge in [0.15, 0.2) is 0 Å². The van der Waals surface area contributed by atoms with Gasteiger partial charge in [0, 0.05) is 0 Å². The van der Waals surface area contributed by atoms with Crippen LogP contribution in [0.3, 0.4) is 0 Å². The first-order valence-electron chi connectivity index (χ1n) is 6.49. The topological polar surface area (TPSA) is 173 Å². The first-order chi connectivity index (χ1) is 10.1. The average molecular weight is 320 g/mol. The van der Waals surface area contributed by atoms with Crippen LogP contribution >= 0.6 is 0 Å². The van der Waals surface area contributed by atoms with Gasteiger partial charge in [-0.1, -0.05) is 6.92 Å². The standard InChI is InChI=1S/C12H20N2O8/c1-6(4-13-7(11(19)20)2-9(15)16)5-14-8(12(21)22)3-10(17)18/h6-8,13-14H,2-5H2,1H3,(H,15,16)(H,17,18)(H,19,20)(H,21,22). The fourth-order valence-corrected chi connectivity index (χ4v) is 1.60. The molecule has 0 saturated carbocycles. The van der Waals surface area contributed by atoms with Crippen LogP contribution in [-0.4, -0.2) is 69.5 Å². The number of hydrogen-bond donors (Lipinski definition) is 6. The first-order valence-corrected chi connectivity index (χ1v) is 6.49. The highest BCUT2D eigenvalue weighted by atomic mass is 16.4. The van der Waals surface area contributed by atoms with Crippen molar-refractivity contribution in [3.8, 4) is 0 Å². The highest BCUT2D eigenvalue weighted by Gasteiger charge is 2.23. The second-order valence-electron chi connectivity index (χ2n) is 4.90. The summed E-state index contributed by atoms with van der Waals surface area (Å²) in [6.45, 7) is 1.95. The van der Waals surface area contributed by atoms with E-state index in [0.29, 0.717) is 0 Å². The molecule has 0 heterocycles. The Morgan fingerprint density at radius 3 is 1.32 bits per heavy atom. The minimum atomic E-state index is -1.29. The summed E-state index contributed by atoms with van der Waals surface area (Å²) in [7, 11) is 0. The number of aliphatic carboxylic acids is 4. The Balaban J connectivity index is 4.28. The number of carboxylic acid groups (broad SMARTS) is 4. The molecule has 0 aliphatic carbocycles. The van der Waals surface area contributed by atoms with Crippen LogP contribution in [0.2, 0.25) is 0 Å². The van der Waals surface area contributed by atoms with Gasteiger partial charge in [-0.05, 0) is 19.0 Å². The Bertz CT molecular complexity index is 387. The monoisotopic (exact) mass is 320 g/mol. The summed E-state index contributed by atoms with van der Waals surface area (Å²) in [5.74, 6) is -5.32. The van der Waals surface area contributed by atoms with Gasteiger partial charge in [0.25, 0.3) is 0 Å². The van der Waals surface area contributed by atoms with Crippen molar-refractivity contribution in [3.05, 3.63) is 0 Å². The fraction of sp³-hybridized carbons (Fsp3) is 0.667. The maximum Gasteiger partial charge on any atom is 0.321 e. The Morgan fingerprint density at radius 2 is 1.09 bits per heavy atom. The van der Waals surface area contributed by atoms with Gasteiger partial charge in [-0.15, -0.1) is 0 Å². The first kappa shape index (κ1) is 19.8. The van der Waals surface area contributed by atoms with Crippen molar-refractivity contribution in [1.29, 1.82) is 0 Å². The van der Waals surface area contributed by atoms with Crippen molar-refractivity contribution in [2.24, 2.45) is 5.92 Å². The van der Waals surface area contributed by atoms with Crippen LogP contribution in [0, 0.1) is 5.92 Å². The van der Waals surface area contributed by atoms with Crippen LogP contribution in [0.25, 0.3) is 0 Å². The molecule has 0 bridgehead atoms. The summed E-state index contributed by atoms with van der Waals surface area (Å²) in [4.78, 5) is 42.7. The SMILES string of the molecule is CC(CNC(CC(=O)O)C(=O)O)CNC(CC(=O)O)C(=O)O. The average Bonchev–Trinajstić information content (AvgIpc) is 2.37. The predicted octanol–water partition coefficient (Wildman–Crippen LogP) is -1.34. The molecule has 0 spiro atoms. The number of carboxylic acids is 4. The molecule has 0 saturated heterocycles. The highest BCUT2D eigenvalue weighted by molar-refractivity contribution is 5.81. The Hall–Kier alpha value is -2.20. The lowest BCUT2D eigenvalue weighted by atomic mass is 10.1. The zero-order valence-electron chi connectivity index (χ0n) is 12.0. The number of hydrogen-bond acceptors (Lipinski definition) is 6. The van der Waals surface area contributed by atoms with E-state index in [0.717, 1.165) is 0 Å². The van der Waals surface area contributed by atoms with Crippen LogP contribution in [0.4, 0.5) is 0 Å². The van der Waals surface area contributed by atoms with E-state index >= 15 is 0 Å². The van der Waals surface area contributed by atoms with Crippen LogP contribution in [-0.2, 0) is 19.2 Å². The van der Waals surface area contributed by atoms with E-state index in [1.54, 1.807) is 6.92 Å². The maximum absolute atomic E-state index is 10.8. The van der Waals surface area contributed by atoms with Gasteiger partial charge in [-0.25, -0.2) is 0 Å². The van der Waals surface area contributed by atoms with Crippen LogP contribution in [0.5, 0.6) is 0 Å². The summed E-state index contributed by atoms with van der Waals surface area (Å²) in [5, 5.41) is 40.0. The third kappa shape index (κ3) is 8.87. The molecule has 0 aliphatic heterocycles. The summed E-state index contributed by atoms with van der Waals surface area (Å²) < 4.78 is 0. The van der Waals surface area contributed by atoms with E-state index in [-0.39, 0.29) is 19.0 Å². The molecule has 10 nitrogen and oxygen atoms in total. The molecule has 0 rings (SSSR count). The summed E-state index contributed by atoms with van der Waals surface area (Å²) in [5.41, 5.74) is 0. The van der Waals surface area contributed by atoms with Gasteiger partial charge in [0.2, 0.25) is 0 Å². The van der Waals surface area contributed by atoms with Gasteiger partial charge in [-0.2, -0.15) is 0 Å². The third-order valence-electron chi connectivity index (χ3n) is 2.78. The van der Waals surface area contributed by atoms with E-state index in [1.807, 2.05) is 0 Å². The van der Waals surface area contributed by atoms with E-state index in [4.69, 9.17) is 20.4 Å². The zero-order valence-corrected chi connectivity index (χ0v) is 12.0. The van der Waals surface area contributed by atoms with Crippen molar-refractivity contribution in [2.75, 3.05) is 13.1 Å². The third-order valence-corrected chi connectivity index (χ3v) is 2.78.